The summed E-state index contributed by atoms with van der Waals surface area (Å²) in [6, 6.07) is 0. The second kappa shape index (κ2) is 12.9. The van der Waals surface area contributed by atoms with Gasteiger partial charge in [0.1, 0.15) is 0 Å². The van der Waals surface area contributed by atoms with E-state index in [0.29, 0.717) is 0 Å². The van der Waals surface area contributed by atoms with Gasteiger partial charge in [0.15, 0.2) is 0 Å². The molecule has 0 aromatic carbocycles. The predicted octanol–water partition coefficient (Wildman–Crippen LogP) is -3.62. The summed E-state index contributed by atoms with van der Waals surface area (Å²) in [6.45, 7) is 0. The van der Waals surface area contributed by atoms with Crippen molar-refractivity contribution in [3.05, 3.63) is 0 Å². The van der Waals surface area contributed by atoms with E-state index in [-0.39, 0.29) is 45.5 Å². The van der Waals surface area contributed by atoms with Crippen molar-refractivity contribution in [2.45, 2.75) is 0 Å². The third kappa shape index (κ3) is 140. The smallest absolute Gasteiger partial charge is 2.00 e. The van der Waals surface area contributed by atoms with Gasteiger partial charge < -0.3 is 0 Å². The molecule has 9 heavy (non-hydrogen) atoms. The van der Waals surface area contributed by atoms with E-state index in [1.807, 2.05) is 0 Å². The molecule has 0 aliphatic rings. The van der Waals surface area contributed by atoms with Gasteiger partial charge in [-0.3, -0.25) is 0 Å². The van der Waals surface area contributed by atoms with E-state index < -0.39 is 41.0 Å². The van der Waals surface area contributed by atoms with Gasteiger partial charge in [0.25, 0.3) is 0 Å². The van der Waals surface area contributed by atoms with Crippen LogP contribution in [-0.4, -0.2) is 67.7 Å². The molecule has 0 amide bonds. The zero-order valence-electron chi connectivity index (χ0n) is 4.05. The van der Waals surface area contributed by atoms with Crippen LogP contribution in [0.2, 0.25) is 0 Å². The van der Waals surface area contributed by atoms with E-state index in [1.165, 1.54) is 0 Å². The van der Waals surface area contributed by atoms with Crippen LogP contribution < -0.4 is 6.80 Å². The molecular weight excluding hydrogens is 486 g/mol. The minimum Gasteiger partial charge on any atom is 2.00 e. The fourth-order valence-corrected chi connectivity index (χ4v) is 0. The zero-order chi connectivity index (χ0) is 7.15. The summed E-state index contributed by atoms with van der Waals surface area (Å²) in [6.07, 6.45) is 0. The average molecular weight is 486 g/mol. The van der Waals surface area contributed by atoms with Crippen molar-refractivity contribution in [2.24, 2.45) is 0 Å². The Morgan fingerprint density at radius 3 is 1.22 bits per heavy atom. The molecule has 0 unspecified atom stereocenters. The van der Waals surface area contributed by atoms with E-state index in [0.717, 1.165) is 0 Å². The summed E-state index contributed by atoms with van der Waals surface area (Å²) in [7, 11) is 0. The van der Waals surface area contributed by atoms with E-state index in [1.54, 1.807) is 0 Å². The first-order valence-corrected chi connectivity index (χ1v) is 8.05. The molecule has 6 nitrogen and oxygen atoms in total. The van der Waals surface area contributed by atoms with Crippen LogP contribution in [0.3, 0.4) is 0 Å². The Hall–Kier alpha value is 2.22. The van der Waals surface area contributed by atoms with Crippen LogP contribution in [0.4, 0.5) is 0 Å². The maximum absolute atomic E-state index is 8.62. The van der Waals surface area contributed by atoms with Crippen molar-refractivity contribution in [2.75, 3.05) is 0 Å². The SMILES string of the molecule is [O]=[Bi](=[O])[O-].[O]=[Nb](=[O])[O-].[Sr+2]. The van der Waals surface area contributed by atoms with Crippen molar-refractivity contribution >= 4 is 67.7 Å². The predicted molar refractivity (Wildman–Crippen MR) is 14.3 cm³/mol. The van der Waals surface area contributed by atoms with Crippen LogP contribution in [0.25, 0.3) is 0 Å². The average Bonchev–Trinajstić information content (AvgIpc) is 1.25. The van der Waals surface area contributed by atoms with E-state index in [2.05, 4.69) is 0 Å². The molecule has 0 saturated carbocycles. The molecule has 0 aliphatic carbocycles. The van der Waals surface area contributed by atoms with Gasteiger partial charge >= 0.3 is 105 Å². The van der Waals surface area contributed by atoms with Gasteiger partial charge in [-0.2, -0.15) is 0 Å². The van der Waals surface area contributed by atoms with Gasteiger partial charge in [-0.05, 0) is 0 Å². The monoisotopic (exact) mass is 486 g/mol. The van der Waals surface area contributed by atoms with Gasteiger partial charge in [0.05, 0.1) is 0 Å². The molecule has 0 fully saturated rings. The first kappa shape index (κ1) is 17.3. The summed E-state index contributed by atoms with van der Waals surface area (Å²) < 4.78 is 51.7. The van der Waals surface area contributed by atoms with Gasteiger partial charge in [-0.25, -0.2) is 0 Å². The number of hydrogen-bond acceptors (Lipinski definition) is 6. The summed E-state index contributed by atoms with van der Waals surface area (Å²) in [5.74, 6) is 0. The van der Waals surface area contributed by atoms with Crippen molar-refractivity contribution in [3.63, 3.8) is 0 Å². The molecule has 0 aromatic heterocycles. The molecule has 9 heteroatoms. The largest absolute Gasteiger partial charge is 2.00 e. The topological polar surface area (TPSA) is 114 Å². The summed E-state index contributed by atoms with van der Waals surface area (Å²) in [5.41, 5.74) is 0. The van der Waals surface area contributed by atoms with E-state index in [4.69, 9.17) is 18.9 Å². The summed E-state index contributed by atoms with van der Waals surface area (Å²) >= 11 is -8.54. The maximum atomic E-state index is 8.62. The maximum Gasteiger partial charge on any atom is 2.00 e. The van der Waals surface area contributed by atoms with Gasteiger partial charge in [-0.1, -0.05) is 0 Å². The fraction of sp³-hybridized carbons (Fsp3) is 0. The number of rotatable bonds is 0. The Labute approximate surface area is 103 Å². The Kier molecular flexibility index (Phi) is 24.8. The molecule has 0 spiro atoms. The normalized spacial score (nSPS) is 5.56. The molecular formula is BiNbO6Sr. The quantitative estimate of drug-likeness (QED) is 0.328. The first-order valence-electron chi connectivity index (χ1n) is 1.10. The third-order valence-corrected chi connectivity index (χ3v) is 0. The van der Waals surface area contributed by atoms with Crippen LogP contribution in [0.1, 0.15) is 0 Å². The van der Waals surface area contributed by atoms with E-state index >= 15 is 0 Å². The second-order valence-electron chi connectivity index (χ2n) is 0.447. The van der Waals surface area contributed by atoms with Crippen molar-refractivity contribution < 1.29 is 37.7 Å². The van der Waals surface area contributed by atoms with Crippen LogP contribution in [0.15, 0.2) is 0 Å². The van der Waals surface area contributed by atoms with Crippen molar-refractivity contribution in [3.8, 4) is 0 Å². The molecule has 0 radical (unpaired) electrons. The zero-order valence-corrected chi connectivity index (χ0v) is 13.2. The minimum absolute atomic E-state index is 0. The summed E-state index contributed by atoms with van der Waals surface area (Å²) in [4.78, 5) is 0. The standard InChI is InChI=1S/Bi.Nb.6O.Sr/q;;;;;;2*-1;+2. The van der Waals surface area contributed by atoms with E-state index in [9.17, 15) is 0 Å². The third-order valence-electron chi connectivity index (χ3n) is 0. The molecule has 0 atom stereocenters. The molecule has 48 valence electrons. The molecule has 0 heterocycles. The van der Waals surface area contributed by atoms with Crippen LogP contribution in [-0.2, 0) is 30.9 Å². The molecule has 0 bridgehead atoms. The Bertz CT molecular complexity index is 130. The Morgan fingerprint density at radius 2 is 1.22 bits per heavy atom. The summed E-state index contributed by atoms with van der Waals surface area (Å²) in [5, 5.41) is 0. The van der Waals surface area contributed by atoms with Gasteiger partial charge in [0, 0.05) is 0 Å². The van der Waals surface area contributed by atoms with Gasteiger partial charge in [-0.15, -0.1) is 0 Å². The minimum atomic E-state index is -4.34. The fourth-order valence-electron chi connectivity index (χ4n) is 0. The number of hydrogen-bond donors (Lipinski definition) is 0. The molecule has 0 N–H and O–H groups in total. The Morgan fingerprint density at radius 1 is 1.22 bits per heavy atom. The molecule has 0 saturated heterocycles. The van der Waals surface area contributed by atoms with Crippen molar-refractivity contribution in [1.29, 1.82) is 0 Å². The Balaban J connectivity index is -0.0000000720. The molecule has 0 aliphatic heterocycles. The van der Waals surface area contributed by atoms with Crippen LogP contribution >= 0.6 is 0 Å². The van der Waals surface area contributed by atoms with Crippen LogP contribution in [0.5, 0.6) is 0 Å². The van der Waals surface area contributed by atoms with Crippen LogP contribution in [0, 0.1) is 0 Å². The van der Waals surface area contributed by atoms with Crippen molar-refractivity contribution in [1.82, 2.24) is 0 Å². The molecule has 0 aromatic rings. The second-order valence-corrected chi connectivity index (χ2v) is 3.29. The van der Waals surface area contributed by atoms with Gasteiger partial charge in [0.2, 0.25) is 0 Å². The molecule has 0 rings (SSSR count). The first-order chi connectivity index (χ1) is 3.46.